The van der Waals surface area contributed by atoms with Crippen LogP contribution in [0.5, 0.6) is 0 Å². The van der Waals surface area contributed by atoms with Gasteiger partial charge < -0.3 is 0 Å². The maximum atomic E-state index is 10.7. The first-order valence-electron chi connectivity index (χ1n) is 5.66. The molecule has 18 heavy (non-hydrogen) atoms. The molecule has 88 valence electrons. The van der Waals surface area contributed by atoms with E-state index in [0.717, 1.165) is 18.4 Å². The van der Waals surface area contributed by atoms with Gasteiger partial charge in [0.15, 0.2) is 6.29 Å². The number of nitriles is 1. The minimum absolute atomic E-state index is 0.390. The normalized spacial score (nSPS) is 15.9. The van der Waals surface area contributed by atoms with E-state index in [1.165, 1.54) is 0 Å². The quantitative estimate of drug-likeness (QED) is 0.764. The summed E-state index contributed by atoms with van der Waals surface area (Å²) in [5.74, 6) is 0. The molecule has 0 unspecified atom stereocenters. The molecule has 0 bridgehead atoms. The zero-order chi connectivity index (χ0) is 12.6. The summed E-state index contributed by atoms with van der Waals surface area (Å²) in [5, 5.41) is 13.3. The van der Waals surface area contributed by atoms with Crippen LogP contribution in [-0.2, 0) is 5.54 Å². The molecule has 1 saturated carbocycles. The lowest BCUT2D eigenvalue weighted by Gasteiger charge is -2.04. The zero-order valence-electron chi connectivity index (χ0n) is 9.58. The van der Waals surface area contributed by atoms with Crippen molar-refractivity contribution in [3.63, 3.8) is 0 Å². The van der Waals surface area contributed by atoms with Crippen LogP contribution in [0.2, 0.25) is 0 Å². The summed E-state index contributed by atoms with van der Waals surface area (Å²) in [4.78, 5) is 14.9. The number of carbonyl (C=O) groups is 1. The van der Waals surface area contributed by atoms with Gasteiger partial charge in [0.2, 0.25) is 0 Å². The van der Waals surface area contributed by atoms with Gasteiger partial charge in [-0.15, -0.1) is 0 Å². The summed E-state index contributed by atoms with van der Waals surface area (Å²) >= 11 is 0. The highest BCUT2D eigenvalue weighted by molar-refractivity contribution is 5.73. The van der Waals surface area contributed by atoms with Crippen molar-refractivity contribution in [1.29, 1.82) is 5.26 Å². The van der Waals surface area contributed by atoms with E-state index in [2.05, 4.69) is 16.2 Å². The van der Waals surface area contributed by atoms with E-state index in [-0.39, 0.29) is 0 Å². The lowest BCUT2D eigenvalue weighted by Crippen LogP contribution is -2.14. The Balaban J connectivity index is 1.98. The van der Waals surface area contributed by atoms with Crippen LogP contribution >= 0.6 is 0 Å². The van der Waals surface area contributed by atoms with Crippen LogP contribution in [-0.4, -0.2) is 21.1 Å². The second-order valence-electron chi connectivity index (χ2n) is 4.38. The zero-order valence-corrected chi connectivity index (χ0v) is 9.58. The first-order chi connectivity index (χ1) is 8.77. The van der Waals surface area contributed by atoms with Crippen LogP contribution in [0, 0.1) is 11.3 Å². The lowest BCUT2D eigenvalue weighted by atomic mass is 10.2. The van der Waals surface area contributed by atoms with Crippen molar-refractivity contribution >= 4 is 6.29 Å². The van der Waals surface area contributed by atoms with E-state index in [1.807, 2.05) is 12.3 Å². The highest BCUT2D eigenvalue weighted by atomic mass is 16.1. The molecule has 0 N–H and O–H groups in total. The Bertz CT molecular complexity index is 649. The average Bonchev–Trinajstić information content (AvgIpc) is 3.08. The molecular weight excluding hydrogens is 228 g/mol. The van der Waals surface area contributed by atoms with Crippen molar-refractivity contribution in [3.05, 3.63) is 36.3 Å². The molecular formula is C13H10N4O. The summed E-state index contributed by atoms with van der Waals surface area (Å²) in [5.41, 5.74) is 1.45. The highest BCUT2D eigenvalue weighted by Crippen LogP contribution is 2.42. The summed E-state index contributed by atoms with van der Waals surface area (Å²) in [6.45, 7) is 0. The molecule has 2 aromatic rings. The van der Waals surface area contributed by atoms with Gasteiger partial charge in [0.1, 0.15) is 11.2 Å². The van der Waals surface area contributed by atoms with Crippen molar-refractivity contribution in [1.82, 2.24) is 14.8 Å². The fraction of sp³-hybridized carbons (Fsp3) is 0.231. The van der Waals surface area contributed by atoms with Crippen molar-refractivity contribution in [2.75, 3.05) is 0 Å². The molecule has 2 aromatic heterocycles. The second-order valence-corrected chi connectivity index (χ2v) is 4.38. The molecule has 1 fully saturated rings. The third-order valence-corrected chi connectivity index (χ3v) is 3.14. The number of carbonyl (C=O) groups excluding carboxylic acids is 1. The predicted molar refractivity (Wildman–Crippen MR) is 63.7 cm³/mol. The molecule has 0 aromatic carbocycles. The van der Waals surface area contributed by atoms with Gasteiger partial charge in [-0.1, -0.05) is 6.07 Å². The molecule has 1 aliphatic rings. The van der Waals surface area contributed by atoms with Crippen molar-refractivity contribution in [2.45, 2.75) is 18.4 Å². The smallest absolute Gasteiger partial charge is 0.168 e. The van der Waals surface area contributed by atoms with Crippen LogP contribution in [0.25, 0.3) is 11.3 Å². The number of hydrogen-bond donors (Lipinski definition) is 0. The fourth-order valence-corrected chi connectivity index (χ4v) is 1.88. The molecule has 0 saturated heterocycles. The number of rotatable bonds is 3. The van der Waals surface area contributed by atoms with Crippen molar-refractivity contribution in [3.8, 4) is 17.3 Å². The van der Waals surface area contributed by atoms with E-state index in [1.54, 1.807) is 23.0 Å². The molecule has 5 heteroatoms. The lowest BCUT2D eigenvalue weighted by molar-refractivity contribution is 0.111. The summed E-state index contributed by atoms with van der Waals surface area (Å²) < 4.78 is 1.69. The number of hydrogen-bond acceptors (Lipinski definition) is 4. The van der Waals surface area contributed by atoms with E-state index >= 15 is 0 Å². The average molecular weight is 238 g/mol. The standard InChI is InChI=1S/C13H10N4O/c14-9-13(4-5-13)17-7-10(6-15-17)12-3-1-2-11(8-18)16-12/h1-3,6-8H,4-5H2. The minimum Gasteiger partial charge on any atom is -0.296 e. The Kier molecular flexibility index (Phi) is 2.23. The van der Waals surface area contributed by atoms with Gasteiger partial charge >= 0.3 is 0 Å². The van der Waals surface area contributed by atoms with E-state index in [0.29, 0.717) is 17.7 Å². The van der Waals surface area contributed by atoms with Crippen LogP contribution in [0.1, 0.15) is 23.3 Å². The van der Waals surface area contributed by atoms with Crippen molar-refractivity contribution in [2.24, 2.45) is 0 Å². The first-order valence-corrected chi connectivity index (χ1v) is 5.66. The maximum Gasteiger partial charge on any atom is 0.168 e. The molecule has 0 radical (unpaired) electrons. The molecule has 3 rings (SSSR count). The van der Waals surface area contributed by atoms with Crippen LogP contribution in [0.15, 0.2) is 30.6 Å². The predicted octanol–water partition coefficient (Wildman–Crippen LogP) is 1.77. The van der Waals surface area contributed by atoms with Gasteiger partial charge in [-0.3, -0.25) is 9.48 Å². The molecule has 0 amide bonds. The van der Waals surface area contributed by atoms with Gasteiger partial charge in [0.05, 0.1) is 18.0 Å². The van der Waals surface area contributed by atoms with Gasteiger partial charge in [-0.2, -0.15) is 10.4 Å². The third-order valence-electron chi connectivity index (χ3n) is 3.14. The Morgan fingerprint density at radius 2 is 2.28 bits per heavy atom. The Hall–Kier alpha value is -2.48. The summed E-state index contributed by atoms with van der Waals surface area (Å²) in [7, 11) is 0. The maximum absolute atomic E-state index is 10.7. The van der Waals surface area contributed by atoms with Gasteiger partial charge in [0.25, 0.3) is 0 Å². The van der Waals surface area contributed by atoms with Crippen molar-refractivity contribution < 1.29 is 4.79 Å². The number of nitrogens with zero attached hydrogens (tertiary/aromatic N) is 4. The molecule has 2 heterocycles. The van der Waals surface area contributed by atoms with Crippen LogP contribution < -0.4 is 0 Å². The van der Waals surface area contributed by atoms with Crippen LogP contribution in [0.3, 0.4) is 0 Å². The van der Waals surface area contributed by atoms with E-state index in [4.69, 9.17) is 5.26 Å². The Labute approximate surface area is 104 Å². The Morgan fingerprint density at radius 3 is 2.94 bits per heavy atom. The molecule has 5 nitrogen and oxygen atoms in total. The summed E-state index contributed by atoms with van der Waals surface area (Å²) in [6.07, 6.45) is 5.88. The monoisotopic (exact) mass is 238 g/mol. The van der Waals surface area contributed by atoms with Gasteiger partial charge in [-0.05, 0) is 25.0 Å². The summed E-state index contributed by atoms with van der Waals surface area (Å²) in [6, 6.07) is 7.53. The van der Waals surface area contributed by atoms with Gasteiger partial charge in [0, 0.05) is 11.8 Å². The van der Waals surface area contributed by atoms with E-state index in [9.17, 15) is 4.79 Å². The van der Waals surface area contributed by atoms with Gasteiger partial charge in [-0.25, -0.2) is 4.98 Å². The minimum atomic E-state index is -0.458. The Morgan fingerprint density at radius 1 is 1.44 bits per heavy atom. The molecule has 1 aliphatic carbocycles. The topological polar surface area (TPSA) is 71.6 Å². The number of aromatic nitrogens is 3. The van der Waals surface area contributed by atoms with E-state index < -0.39 is 5.54 Å². The first kappa shape index (κ1) is 10.7. The largest absolute Gasteiger partial charge is 0.296 e. The SMILES string of the molecule is N#CC1(n2cc(-c3cccc(C=O)n3)cn2)CC1. The fourth-order valence-electron chi connectivity index (χ4n) is 1.88. The number of pyridine rings is 1. The number of aldehydes is 1. The third kappa shape index (κ3) is 1.59. The molecule has 0 spiro atoms. The second kappa shape index (κ2) is 3.77. The molecule has 0 aliphatic heterocycles. The van der Waals surface area contributed by atoms with Crippen LogP contribution in [0.4, 0.5) is 0 Å². The molecule has 0 atom stereocenters. The highest BCUT2D eigenvalue weighted by Gasteiger charge is 2.46.